The van der Waals surface area contributed by atoms with Gasteiger partial charge in [-0.2, -0.15) is 0 Å². The Balaban J connectivity index is 1.74. The minimum atomic E-state index is 0.0328. The minimum Gasteiger partial charge on any atom is -0.497 e. The number of carbonyl (C=O) groups excluding carboxylic acids is 1. The van der Waals surface area contributed by atoms with Gasteiger partial charge >= 0.3 is 0 Å². The molecule has 3 rings (SSSR count). The van der Waals surface area contributed by atoms with E-state index in [0.29, 0.717) is 31.0 Å². The molecule has 0 saturated carbocycles. The third-order valence-corrected chi connectivity index (χ3v) is 3.87. The highest BCUT2D eigenvalue weighted by atomic mass is 16.5. The fourth-order valence-corrected chi connectivity index (χ4v) is 2.52. The van der Waals surface area contributed by atoms with Crippen LogP contribution in [0.25, 0.3) is 11.3 Å². The molecule has 0 radical (unpaired) electrons. The summed E-state index contributed by atoms with van der Waals surface area (Å²) in [5.74, 6) is 2.20. The van der Waals surface area contributed by atoms with E-state index in [1.807, 2.05) is 49.4 Å². The molecule has 1 amide bonds. The van der Waals surface area contributed by atoms with E-state index in [0.717, 1.165) is 17.1 Å². The van der Waals surface area contributed by atoms with Crippen molar-refractivity contribution in [3.63, 3.8) is 0 Å². The maximum atomic E-state index is 12.2. The summed E-state index contributed by atoms with van der Waals surface area (Å²) in [5, 5.41) is 4.09. The Hall–Kier alpha value is -3.02. The van der Waals surface area contributed by atoms with Gasteiger partial charge in [0, 0.05) is 18.1 Å². The first-order valence-electron chi connectivity index (χ1n) is 8.09. The number of hydrogen-bond donors (Lipinski definition) is 0. The molecule has 2 heterocycles. The average Bonchev–Trinajstić information content (AvgIpc) is 3.32. The normalized spacial score (nSPS) is 10.6. The van der Waals surface area contributed by atoms with Crippen molar-refractivity contribution in [2.24, 2.45) is 0 Å². The van der Waals surface area contributed by atoms with Crippen LogP contribution in [0.5, 0.6) is 5.75 Å². The predicted octanol–water partition coefficient (Wildman–Crippen LogP) is 3.88. The lowest BCUT2D eigenvalue weighted by Gasteiger charge is -2.19. The average molecular weight is 340 g/mol. The molecule has 0 aliphatic heterocycles. The number of furan rings is 1. The summed E-state index contributed by atoms with van der Waals surface area (Å²) < 4.78 is 15.9. The Kier molecular flexibility index (Phi) is 5.18. The molecule has 0 saturated heterocycles. The van der Waals surface area contributed by atoms with Crippen LogP contribution in [0.15, 0.2) is 57.7 Å². The second-order valence-corrected chi connectivity index (χ2v) is 5.59. The molecule has 0 spiro atoms. The number of benzene rings is 1. The lowest BCUT2D eigenvalue weighted by Crippen LogP contribution is -2.29. The van der Waals surface area contributed by atoms with Gasteiger partial charge in [-0.1, -0.05) is 12.1 Å². The van der Waals surface area contributed by atoms with Gasteiger partial charge in [-0.15, -0.1) is 0 Å². The van der Waals surface area contributed by atoms with Gasteiger partial charge in [-0.3, -0.25) is 4.79 Å². The van der Waals surface area contributed by atoms with Crippen LogP contribution in [0, 0.1) is 0 Å². The number of hydrogen-bond acceptors (Lipinski definition) is 5. The third kappa shape index (κ3) is 4.09. The minimum absolute atomic E-state index is 0.0328. The molecule has 3 aromatic rings. The van der Waals surface area contributed by atoms with Crippen molar-refractivity contribution in [1.29, 1.82) is 0 Å². The second kappa shape index (κ2) is 7.70. The number of carbonyl (C=O) groups is 1. The van der Waals surface area contributed by atoms with Crippen molar-refractivity contribution in [3.8, 4) is 17.1 Å². The Morgan fingerprint density at radius 2 is 2.00 bits per heavy atom. The monoisotopic (exact) mass is 340 g/mol. The van der Waals surface area contributed by atoms with Gasteiger partial charge in [-0.25, -0.2) is 0 Å². The van der Waals surface area contributed by atoms with E-state index in [4.69, 9.17) is 13.7 Å². The summed E-state index contributed by atoms with van der Waals surface area (Å²) in [5.41, 5.74) is 1.60. The Bertz CT molecular complexity index is 806. The maximum Gasteiger partial charge on any atom is 0.223 e. The SMILES string of the molecule is CCC(=O)N(Cc1cc(-c2ccc(OC)cc2)on1)Cc1ccco1. The predicted molar refractivity (Wildman–Crippen MR) is 91.7 cm³/mol. The fourth-order valence-electron chi connectivity index (χ4n) is 2.52. The summed E-state index contributed by atoms with van der Waals surface area (Å²) in [4.78, 5) is 13.9. The first-order valence-corrected chi connectivity index (χ1v) is 8.09. The van der Waals surface area contributed by atoms with Crippen molar-refractivity contribution in [2.75, 3.05) is 7.11 Å². The number of nitrogens with zero attached hydrogens (tertiary/aromatic N) is 2. The maximum absolute atomic E-state index is 12.2. The summed E-state index contributed by atoms with van der Waals surface area (Å²) in [6, 6.07) is 13.0. The van der Waals surface area contributed by atoms with E-state index in [9.17, 15) is 4.79 Å². The molecule has 6 nitrogen and oxygen atoms in total. The summed E-state index contributed by atoms with van der Waals surface area (Å²) in [7, 11) is 1.62. The van der Waals surface area contributed by atoms with Gasteiger partial charge in [0.2, 0.25) is 5.91 Å². The molecule has 0 bridgehead atoms. The molecule has 130 valence electrons. The van der Waals surface area contributed by atoms with E-state index in [1.165, 1.54) is 0 Å². The van der Waals surface area contributed by atoms with E-state index in [1.54, 1.807) is 18.3 Å². The molecule has 1 aromatic carbocycles. The Morgan fingerprint density at radius 3 is 2.64 bits per heavy atom. The number of amides is 1. The number of ether oxygens (including phenoxy) is 1. The molecule has 0 atom stereocenters. The molecule has 0 fully saturated rings. The number of aromatic nitrogens is 1. The molecular formula is C19H20N2O4. The molecule has 2 aromatic heterocycles. The quantitative estimate of drug-likeness (QED) is 0.653. The molecule has 6 heteroatoms. The van der Waals surface area contributed by atoms with E-state index in [2.05, 4.69) is 5.16 Å². The van der Waals surface area contributed by atoms with Crippen molar-refractivity contribution in [1.82, 2.24) is 10.1 Å². The molecule has 0 unspecified atom stereocenters. The first kappa shape index (κ1) is 16.8. The van der Waals surface area contributed by atoms with Gasteiger partial charge in [0.1, 0.15) is 17.2 Å². The zero-order chi connectivity index (χ0) is 17.6. The topological polar surface area (TPSA) is 68.7 Å². The van der Waals surface area contributed by atoms with Crippen molar-refractivity contribution < 1.29 is 18.5 Å². The van der Waals surface area contributed by atoms with Crippen LogP contribution in [0.3, 0.4) is 0 Å². The van der Waals surface area contributed by atoms with Gasteiger partial charge < -0.3 is 18.6 Å². The third-order valence-electron chi connectivity index (χ3n) is 3.87. The molecule has 0 N–H and O–H groups in total. The fraction of sp³-hybridized carbons (Fsp3) is 0.263. The molecule has 25 heavy (non-hydrogen) atoms. The summed E-state index contributed by atoms with van der Waals surface area (Å²) >= 11 is 0. The van der Waals surface area contributed by atoms with Crippen LogP contribution in [-0.2, 0) is 17.9 Å². The largest absolute Gasteiger partial charge is 0.497 e. The number of methoxy groups -OCH3 is 1. The Labute approximate surface area is 146 Å². The number of rotatable bonds is 7. The van der Waals surface area contributed by atoms with Crippen molar-refractivity contribution >= 4 is 5.91 Å². The van der Waals surface area contributed by atoms with Crippen molar-refractivity contribution in [2.45, 2.75) is 26.4 Å². The van der Waals surface area contributed by atoms with E-state index < -0.39 is 0 Å². The van der Waals surface area contributed by atoms with Gasteiger partial charge in [0.15, 0.2) is 5.76 Å². The molecule has 0 aliphatic rings. The van der Waals surface area contributed by atoms with Crippen LogP contribution in [0.2, 0.25) is 0 Å². The van der Waals surface area contributed by atoms with E-state index >= 15 is 0 Å². The first-order chi connectivity index (χ1) is 12.2. The smallest absolute Gasteiger partial charge is 0.223 e. The van der Waals surface area contributed by atoms with E-state index in [-0.39, 0.29) is 5.91 Å². The van der Waals surface area contributed by atoms with Gasteiger partial charge in [0.05, 0.1) is 26.5 Å². The summed E-state index contributed by atoms with van der Waals surface area (Å²) in [6.07, 6.45) is 2.02. The van der Waals surface area contributed by atoms with Crippen LogP contribution in [-0.4, -0.2) is 23.1 Å². The zero-order valence-corrected chi connectivity index (χ0v) is 14.3. The van der Waals surface area contributed by atoms with Crippen LogP contribution >= 0.6 is 0 Å². The van der Waals surface area contributed by atoms with Gasteiger partial charge in [0.25, 0.3) is 0 Å². The highest BCUT2D eigenvalue weighted by molar-refractivity contribution is 5.75. The van der Waals surface area contributed by atoms with Gasteiger partial charge in [-0.05, 0) is 36.4 Å². The lowest BCUT2D eigenvalue weighted by atomic mass is 10.1. The summed E-state index contributed by atoms with van der Waals surface area (Å²) in [6.45, 7) is 2.61. The standard InChI is InChI=1S/C19H20N2O4/c1-3-19(22)21(13-17-5-4-10-24-17)12-15-11-18(25-20-15)14-6-8-16(23-2)9-7-14/h4-11H,3,12-13H2,1-2H3. The lowest BCUT2D eigenvalue weighted by molar-refractivity contribution is -0.132. The van der Waals surface area contributed by atoms with Crippen molar-refractivity contribution in [3.05, 3.63) is 60.2 Å². The zero-order valence-electron chi connectivity index (χ0n) is 14.3. The van der Waals surface area contributed by atoms with Crippen LogP contribution in [0.4, 0.5) is 0 Å². The Morgan fingerprint density at radius 1 is 1.20 bits per heavy atom. The van der Waals surface area contributed by atoms with Crippen LogP contribution < -0.4 is 4.74 Å². The van der Waals surface area contributed by atoms with Crippen LogP contribution in [0.1, 0.15) is 24.8 Å². The highest BCUT2D eigenvalue weighted by Gasteiger charge is 2.17. The molecule has 0 aliphatic carbocycles. The highest BCUT2D eigenvalue weighted by Crippen LogP contribution is 2.24. The second-order valence-electron chi connectivity index (χ2n) is 5.59. The molecular weight excluding hydrogens is 320 g/mol.